The predicted octanol–water partition coefficient (Wildman–Crippen LogP) is 2.54. The van der Waals surface area contributed by atoms with Crippen molar-refractivity contribution in [1.29, 1.82) is 0 Å². The molecule has 0 aliphatic heterocycles. The maximum Gasteiger partial charge on any atom is 0.335 e. The molecule has 1 aromatic heterocycles. The van der Waals surface area contributed by atoms with Crippen LogP contribution in [0.2, 0.25) is 0 Å². The van der Waals surface area contributed by atoms with E-state index in [0.29, 0.717) is 5.52 Å². The summed E-state index contributed by atoms with van der Waals surface area (Å²) < 4.78 is 0. The van der Waals surface area contributed by atoms with E-state index < -0.39 is 5.97 Å². The molecule has 1 aromatic carbocycles. The number of carboxylic acids is 1. The van der Waals surface area contributed by atoms with Gasteiger partial charge in [0.05, 0.1) is 11.1 Å². The van der Waals surface area contributed by atoms with Gasteiger partial charge in [-0.15, -0.1) is 0 Å². The molecule has 2 N–H and O–H groups in total. The summed E-state index contributed by atoms with van der Waals surface area (Å²) in [6, 6.07) is 4.93. The molecule has 2 aromatic rings. The van der Waals surface area contributed by atoms with Gasteiger partial charge < -0.3 is 10.4 Å². The van der Waals surface area contributed by atoms with E-state index in [4.69, 9.17) is 5.11 Å². The van der Waals surface area contributed by atoms with Gasteiger partial charge in [-0.3, -0.25) is 0 Å². The molecular formula is C14H15N3O2. The Kier molecular flexibility index (Phi) is 3.03. The number of carbonyl (C=O) groups is 1. The molecular weight excluding hydrogens is 242 g/mol. The number of carboxylic acid groups (broad SMARTS) is 1. The van der Waals surface area contributed by atoms with Crippen LogP contribution in [0.3, 0.4) is 0 Å². The number of hydrogen-bond donors (Lipinski definition) is 2. The third kappa shape index (κ3) is 2.36. The lowest BCUT2D eigenvalue weighted by Gasteiger charge is -2.25. The molecule has 0 spiro atoms. The van der Waals surface area contributed by atoms with Crippen LogP contribution >= 0.6 is 0 Å². The molecule has 0 saturated heterocycles. The number of nitrogens with one attached hydrogen (secondary N) is 1. The molecule has 1 aliphatic carbocycles. The first-order valence-electron chi connectivity index (χ1n) is 6.46. The Morgan fingerprint density at radius 3 is 2.89 bits per heavy atom. The average Bonchev–Trinajstić information content (AvgIpc) is 2.36. The van der Waals surface area contributed by atoms with Crippen LogP contribution < -0.4 is 5.32 Å². The van der Waals surface area contributed by atoms with Gasteiger partial charge in [-0.25, -0.2) is 14.8 Å². The van der Waals surface area contributed by atoms with Crippen molar-refractivity contribution < 1.29 is 9.90 Å². The maximum absolute atomic E-state index is 10.9. The monoisotopic (exact) mass is 257 g/mol. The fourth-order valence-electron chi connectivity index (χ4n) is 2.27. The Hall–Kier alpha value is -2.17. The largest absolute Gasteiger partial charge is 0.478 e. The van der Waals surface area contributed by atoms with Gasteiger partial charge in [0.25, 0.3) is 0 Å². The normalized spacial score (nSPS) is 15.2. The first-order valence-corrected chi connectivity index (χ1v) is 6.46. The van der Waals surface area contributed by atoms with E-state index in [1.807, 2.05) is 0 Å². The molecule has 3 rings (SSSR count). The molecule has 0 unspecified atom stereocenters. The second-order valence-electron chi connectivity index (χ2n) is 4.94. The summed E-state index contributed by atoms with van der Waals surface area (Å²) in [7, 11) is 0. The zero-order chi connectivity index (χ0) is 13.2. The Morgan fingerprint density at radius 1 is 1.37 bits per heavy atom. The van der Waals surface area contributed by atoms with Crippen LogP contribution in [0.25, 0.3) is 10.9 Å². The van der Waals surface area contributed by atoms with Gasteiger partial charge in [0.15, 0.2) is 0 Å². The van der Waals surface area contributed by atoms with Crippen LogP contribution in [0, 0.1) is 5.92 Å². The van der Waals surface area contributed by atoms with E-state index in [2.05, 4.69) is 15.3 Å². The highest BCUT2D eigenvalue weighted by molar-refractivity contribution is 5.96. The third-order valence-electron chi connectivity index (χ3n) is 3.67. The van der Waals surface area contributed by atoms with Gasteiger partial charge in [0.1, 0.15) is 12.1 Å². The first-order chi connectivity index (χ1) is 9.24. The summed E-state index contributed by atoms with van der Waals surface area (Å²) in [4.78, 5) is 19.3. The number of aromatic carboxylic acids is 1. The van der Waals surface area contributed by atoms with Crippen molar-refractivity contribution in [2.75, 3.05) is 11.9 Å². The summed E-state index contributed by atoms with van der Waals surface area (Å²) in [6.45, 7) is 0.923. The zero-order valence-corrected chi connectivity index (χ0v) is 10.5. The highest BCUT2D eigenvalue weighted by Crippen LogP contribution is 2.27. The molecule has 0 bridgehead atoms. The van der Waals surface area contributed by atoms with Crippen molar-refractivity contribution in [2.24, 2.45) is 5.92 Å². The molecule has 1 heterocycles. The molecule has 0 amide bonds. The average molecular weight is 257 g/mol. The van der Waals surface area contributed by atoms with Crippen molar-refractivity contribution in [3.05, 3.63) is 30.1 Å². The highest BCUT2D eigenvalue weighted by atomic mass is 16.4. The number of anilines is 1. The van der Waals surface area contributed by atoms with Gasteiger partial charge in [0.2, 0.25) is 0 Å². The summed E-state index contributed by atoms with van der Waals surface area (Å²) in [5, 5.41) is 13.2. The van der Waals surface area contributed by atoms with Crippen molar-refractivity contribution >= 4 is 22.7 Å². The third-order valence-corrected chi connectivity index (χ3v) is 3.67. The number of hydrogen-bond acceptors (Lipinski definition) is 4. The van der Waals surface area contributed by atoms with Crippen molar-refractivity contribution in [3.63, 3.8) is 0 Å². The Morgan fingerprint density at radius 2 is 2.21 bits per heavy atom. The van der Waals surface area contributed by atoms with E-state index >= 15 is 0 Å². The molecule has 1 aliphatic rings. The van der Waals surface area contributed by atoms with E-state index in [-0.39, 0.29) is 5.56 Å². The minimum Gasteiger partial charge on any atom is -0.478 e. The number of benzene rings is 1. The first kappa shape index (κ1) is 11.9. The molecule has 0 atom stereocenters. The molecule has 19 heavy (non-hydrogen) atoms. The van der Waals surface area contributed by atoms with Crippen LogP contribution in [0.1, 0.15) is 29.6 Å². The standard InChI is InChI=1S/C14H15N3O2/c18-14(19)10-4-5-11-12(6-10)16-8-17-13(11)15-7-9-2-1-3-9/h4-6,8-9H,1-3,7H2,(H,18,19)(H,15,16,17). The van der Waals surface area contributed by atoms with E-state index in [9.17, 15) is 4.79 Å². The van der Waals surface area contributed by atoms with Crippen LogP contribution in [0.4, 0.5) is 5.82 Å². The van der Waals surface area contributed by atoms with Gasteiger partial charge in [-0.05, 0) is 37.0 Å². The second kappa shape index (κ2) is 4.84. The van der Waals surface area contributed by atoms with Gasteiger partial charge in [-0.2, -0.15) is 0 Å². The molecule has 0 radical (unpaired) electrons. The summed E-state index contributed by atoms with van der Waals surface area (Å²) in [5.74, 6) is 0.585. The van der Waals surface area contributed by atoms with E-state index in [0.717, 1.165) is 23.7 Å². The molecule has 1 saturated carbocycles. The van der Waals surface area contributed by atoms with Crippen LogP contribution in [-0.4, -0.2) is 27.6 Å². The smallest absolute Gasteiger partial charge is 0.335 e. The highest BCUT2D eigenvalue weighted by Gasteiger charge is 2.17. The minimum atomic E-state index is -0.940. The van der Waals surface area contributed by atoms with Crippen molar-refractivity contribution in [3.8, 4) is 0 Å². The molecule has 5 nitrogen and oxygen atoms in total. The lowest BCUT2D eigenvalue weighted by Crippen LogP contribution is -2.21. The molecule has 1 fully saturated rings. The van der Waals surface area contributed by atoms with E-state index in [1.54, 1.807) is 18.2 Å². The van der Waals surface area contributed by atoms with E-state index in [1.165, 1.54) is 25.6 Å². The molecule has 98 valence electrons. The lowest BCUT2D eigenvalue weighted by molar-refractivity contribution is 0.0697. The Balaban J connectivity index is 1.89. The van der Waals surface area contributed by atoms with Crippen LogP contribution in [0.15, 0.2) is 24.5 Å². The second-order valence-corrected chi connectivity index (χ2v) is 4.94. The van der Waals surface area contributed by atoms with Crippen LogP contribution in [0.5, 0.6) is 0 Å². The fourth-order valence-corrected chi connectivity index (χ4v) is 2.27. The van der Waals surface area contributed by atoms with Gasteiger partial charge >= 0.3 is 5.97 Å². The summed E-state index contributed by atoms with van der Waals surface area (Å²) in [6.07, 6.45) is 5.34. The Bertz CT molecular complexity index is 623. The number of rotatable bonds is 4. The molecule has 5 heteroatoms. The minimum absolute atomic E-state index is 0.246. The summed E-state index contributed by atoms with van der Waals surface area (Å²) >= 11 is 0. The number of fused-ring (bicyclic) bond motifs is 1. The van der Waals surface area contributed by atoms with Gasteiger partial charge in [0, 0.05) is 11.9 Å². The number of nitrogens with zero attached hydrogens (tertiary/aromatic N) is 2. The SMILES string of the molecule is O=C(O)c1ccc2c(NCC3CCC3)ncnc2c1. The van der Waals surface area contributed by atoms with Crippen molar-refractivity contribution in [1.82, 2.24) is 9.97 Å². The van der Waals surface area contributed by atoms with Crippen molar-refractivity contribution in [2.45, 2.75) is 19.3 Å². The number of aromatic nitrogens is 2. The summed E-state index contributed by atoms with van der Waals surface area (Å²) in [5.41, 5.74) is 0.905. The maximum atomic E-state index is 10.9. The van der Waals surface area contributed by atoms with Gasteiger partial charge in [-0.1, -0.05) is 6.42 Å². The van der Waals surface area contributed by atoms with Crippen LogP contribution in [-0.2, 0) is 0 Å². The fraction of sp³-hybridized carbons (Fsp3) is 0.357. The lowest BCUT2D eigenvalue weighted by atomic mass is 9.85. The predicted molar refractivity (Wildman–Crippen MR) is 72.3 cm³/mol. The quantitative estimate of drug-likeness (QED) is 0.880. The zero-order valence-electron chi connectivity index (χ0n) is 10.5. The Labute approximate surface area is 110 Å². The topological polar surface area (TPSA) is 75.1 Å².